The quantitative estimate of drug-likeness (QED) is 0.226. The van der Waals surface area contributed by atoms with Crippen LogP contribution < -0.4 is 14.8 Å². The first-order valence-electron chi connectivity index (χ1n) is 15.4. The third-order valence-electron chi connectivity index (χ3n) is 9.36. The van der Waals surface area contributed by atoms with Crippen LogP contribution >= 0.6 is 22.6 Å². The van der Waals surface area contributed by atoms with E-state index in [0.29, 0.717) is 18.6 Å². The van der Waals surface area contributed by atoms with Gasteiger partial charge in [0.1, 0.15) is 30.0 Å². The van der Waals surface area contributed by atoms with Gasteiger partial charge in [0.15, 0.2) is 5.69 Å². The molecule has 2 bridgehead atoms. The van der Waals surface area contributed by atoms with E-state index in [9.17, 15) is 19.5 Å². The van der Waals surface area contributed by atoms with Gasteiger partial charge in [-0.2, -0.15) is 8.78 Å². The fraction of sp³-hybridized carbons (Fsp3) is 0.594. The van der Waals surface area contributed by atoms with E-state index in [2.05, 4.69) is 37.9 Å². The average Bonchev–Trinajstić information content (AvgIpc) is 3.62. The number of amides is 2. The van der Waals surface area contributed by atoms with Crippen LogP contribution in [0.1, 0.15) is 65.5 Å². The van der Waals surface area contributed by atoms with Crippen LogP contribution in [0, 0.1) is 11.3 Å². The molecule has 46 heavy (non-hydrogen) atoms. The van der Waals surface area contributed by atoms with E-state index in [1.807, 2.05) is 20.8 Å². The number of carbonyl (C=O) groups is 3. The van der Waals surface area contributed by atoms with Gasteiger partial charge >= 0.3 is 12.1 Å². The second-order valence-electron chi connectivity index (χ2n) is 12.7. The van der Waals surface area contributed by atoms with Gasteiger partial charge in [0, 0.05) is 34.2 Å². The normalized spacial score (nSPS) is 28.7. The van der Waals surface area contributed by atoms with Crippen molar-refractivity contribution in [2.45, 2.75) is 93.9 Å². The Morgan fingerprint density at radius 2 is 2.00 bits per heavy atom. The molecule has 5 rings (SSSR count). The number of rotatable bonds is 5. The smallest absolute Gasteiger partial charge is 0.408 e. The SMILES string of the molecule is CC[C@@H]1[C@@H]2CN(C(=O)[C@H](C(C)(C)C(C)I)NC(=O)O[C@@H]3C/C3=C/CCCC(F)(F)c3nc4ccc(OC)cc4nc3O2)[C@@H]1C(=O)O. The number of carbonyl (C=O) groups excluding carboxylic acids is 2. The summed E-state index contributed by atoms with van der Waals surface area (Å²) < 4.78 is 48.8. The predicted octanol–water partition coefficient (Wildman–Crippen LogP) is 5.63. The molecule has 1 saturated carbocycles. The van der Waals surface area contributed by atoms with E-state index in [-0.39, 0.29) is 34.3 Å². The molecule has 1 saturated heterocycles. The average molecular weight is 757 g/mol. The first-order chi connectivity index (χ1) is 21.7. The number of aliphatic carboxylic acids is 1. The van der Waals surface area contributed by atoms with Crippen LogP contribution in [0.15, 0.2) is 29.8 Å². The fourth-order valence-corrected chi connectivity index (χ4v) is 6.46. The number of alkyl halides is 3. The molecule has 1 aliphatic carbocycles. The molecule has 1 aromatic carbocycles. The monoisotopic (exact) mass is 756 g/mol. The first kappa shape index (κ1) is 34.0. The number of nitrogens with zero attached hydrogens (tertiary/aromatic N) is 3. The fourth-order valence-electron chi connectivity index (χ4n) is 6.10. The van der Waals surface area contributed by atoms with E-state index < -0.39 is 77.5 Å². The number of hydrogen-bond acceptors (Lipinski definition) is 8. The molecule has 6 atom stereocenters. The Labute approximate surface area is 279 Å². The lowest BCUT2D eigenvalue weighted by atomic mass is 9.80. The molecule has 250 valence electrons. The minimum atomic E-state index is -3.44. The van der Waals surface area contributed by atoms with Gasteiger partial charge in [0.05, 0.1) is 24.7 Å². The van der Waals surface area contributed by atoms with Crippen LogP contribution in [0.5, 0.6) is 11.6 Å². The number of allylic oxidation sites excluding steroid dienone is 1. The summed E-state index contributed by atoms with van der Waals surface area (Å²) in [5.74, 6) is -6.10. The van der Waals surface area contributed by atoms with Crippen LogP contribution in [0.4, 0.5) is 13.6 Å². The van der Waals surface area contributed by atoms with Crippen LogP contribution in [0.3, 0.4) is 0 Å². The second-order valence-corrected chi connectivity index (χ2v) is 14.6. The topological polar surface area (TPSA) is 140 Å². The Kier molecular flexibility index (Phi) is 9.67. The van der Waals surface area contributed by atoms with Gasteiger partial charge in [-0.15, -0.1) is 0 Å². The number of hydrogen-bond donors (Lipinski definition) is 2. The number of halogens is 3. The standard InChI is InChI=1S/C32H39F2IN4O7/c1-6-19-23-15-39(24(19)29(41)42)28(40)26(31(3,4)16(2)35)38-30(43)46-22-13-17(22)9-7-8-12-32(33,34)25-27(45-23)37-21-14-18(44-5)10-11-20(21)36-25/h9-11,14,16,19,22-24,26H,6-8,12-13,15H2,1-5H3,(H,38,43)(H,41,42)/b17-9-/t16?,19-,22-,23+,24+,26-/m1/s1. The zero-order valence-corrected chi connectivity index (χ0v) is 28.5. The van der Waals surface area contributed by atoms with E-state index in [4.69, 9.17) is 14.2 Å². The minimum absolute atomic E-state index is 0.116. The number of ether oxygens (including phenoxy) is 3. The lowest BCUT2D eigenvalue weighted by Gasteiger charge is -2.39. The molecule has 1 unspecified atom stereocenters. The van der Waals surface area contributed by atoms with Crippen LogP contribution in [-0.4, -0.2) is 79.8 Å². The van der Waals surface area contributed by atoms with E-state index in [1.54, 1.807) is 25.1 Å². The number of carboxylic acid groups (broad SMARTS) is 1. The first-order valence-corrected chi connectivity index (χ1v) is 16.7. The Bertz CT molecular complexity index is 1550. The summed E-state index contributed by atoms with van der Waals surface area (Å²) in [6, 6.07) is 2.19. The van der Waals surface area contributed by atoms with E-state index >= 15 is 8.78 Å². The van der Waals surface area contributed by atoms with Gasteiger partial charge in [-0.05, 0) is 37.0 Å². The number of benzene rings is 1. The van der Waals surface area contributed by atoms with Crippen molar-refractivity contribution in [3.63, 3.8) is 0 Å². The highest BCUT2D eigenvalue weighted by molar-refractivity contribution is 14.1. The highest BCUT2D eigenvalue weighted by Gasteiger charge is 2.53. The number of methoxy groups -OCH3 is 1. The summed E-state index contributed by atoms with van der Waals surface area (Å²) in [6.45, 7) is 7.03. The summed E-state index contributed by atoms with van der Waals surface area (Å²) in [6.07, 6.45) is 0.0984. The van der Waals surface area contributed by atoms with Crippen LogP contribution in [0.25, 0.3) is 11.0 Å². The van der Waals surface area contributed by atoms with Crippen LogP contribution in [-0.2, 0) is 20.2 Å². The number of nitrogens with one attached hydrogen (secondary N) is 1. The molecule has 11 nitrogen and oxygen atoms in total. The van der Waals surface area contributed by atoms with Crippen molar-refractivity contribution in [3.8, 4) is 11.6 Å². The van der Waals surface area contributed by atoms with Crippen molar-refractivity contribution in [2.24, 2.45) is 11.3 Å². The van der Waals surface area contributed by atoms with E-state index in [1.165, 1.54) is 18.1 Å². The maximum absolute atomic E-state index is 15.9. The molecule has 2 fully saturated rings. The van der Waals surface area contributed by atoms with Crippen molar-refractivity contribution in [1.82, 2.24) is 20.2 Å². The van der Waals surface area contributed by atoms with Gasteiger partial charge in [-0.25, -0.2) is 19.6 Å². The molecule has 2 N–H and O–H groups in total. The molecule has 3 aliphatic rings. The number of fused-ring (bicyclic) bond motifs is 5. The summed E-state index contributed by atoms with van der Waals surface area (Å²) >= 11 is 2.17. The summed E-state index contributed by atoms with van der Waals surface area (Å²) in [7, 11) is 1.47. The van der Waals surface area contributed by atoms with Crippen molar-refractivity contribution >= 4 is 51.6 Å². The predicted molar refractivity (Wildman–Crippen MR) is 172 cm³/mol. The Morgan fingerprint density at radius 1 is 1.26 bits per heavy atom. The lowest BCUT2D eigenvalue weighted by Crippen LogP contribution is -2.59. The highest BCUT2D eigenvalue weighted by Crippen LogP contribution is 2.42. The molecule has 2 amide bonds. The van der Waals surface area contributed by atoms with Crippen molar-refractivity contribution in [3.05, 3.63) is 35.5 Å². The third kappa shape index (κ3) is 6.72. The van der Waals surface area contributed by atoms with Gasteiger partial charge in [0.25, 0.3) is 5.92 Å². The number of carboxylic acids is 1. The summed E-state index contributed by atoms with van der Waals surface area (Å²) in [5, 5.41) is 13.1. The van der Waals surface area contributed by atoms with Gasteiger partial charge in [-0.3, -0.25) is 4.79 Å². The van der Waals surface area contributed by atoms with E-state index in [0.717, 1.165) is 5.57 Å². The maximum atomic E-state index is 15.9. The zero-order valence-electron chi connectivity index (χ0n) is 26.4. The van der Waals surface area contributed by atoms with Crippen molar-refractivity contribution < 1.29 is 42.5 Å². The Morgan fingerprint density at radius 3 is 2.65 bits per heavy atom. The molecule has 0 radical (unpaired) electrons. The van der Waals surface area contributed by atoms with Crippen molar-refractivity contribution in [1.29, 1.82) is 0 Å². The lowest BCUT2D eigenvalue weighted by molar-refractivity contribution is -0.151. The second kappa shape index (κ2) is 13.1. The summed E-state index contributed by atoms with van der Waals surface area (Å²) in [5.41, 5.74) is -0.191. The van der Waals surface area contributed by atoms with Crippen LogP contribution in [0.2, 0.25) is 0 Å². The van der Waals surface area contributed by atoms with Gasteiger partial charge < -0.3 is 29.5 Å². The van der Waals surface area contributed by atoms with Crippen molar-refractivity contribution in [2.75, 3.05) is 13.7 Å². The molecule has 1 aromatic heterocycles. The molecule has 2 aromatic rings. The third-order valence-corrected chi connectivity index (χ3v) is 11.0. The summed E-state index contributed by atoms with van der Waals surface area (Å²) in [4.78, 5) is 50.0. The van der Waals surface area contributed by atoms with Gasteiger partial charge in [0.2, 0.25) is 11.8 Å². The number of aromatic nitrogens is 2. The molecule has 3 heterocycles. The zero-order chi connectivity index (χ0) is 33.6. The maximum Gasteiger partial charge on any atom is 0.408 e. The minimum Gasteiger partial charge on any atom is -0.497 e. The number of alkyl carbamates (subject to hydrolysis) is 1. The molecular weight excluding hydrogens is 717 g/mol. The highest BCUT2D eigenvalue weighted by atomic mass is 127. The Hall–Kier alpha value is -3.30. The molecule has 14 heteroatoms. The molecular formula is C32H39F2IN4O7. The van der Waals surface area contributed by atoms with Gasteiger partial charge in [-0.1, -0.05) is 56.4 Å². The Balaban J connectivity index is 1.62. The molecule has 2 aliphatic heterocycles. The molecule has 0 spiro atoms. The largest absolute Gasteiger partial charge is 0.497 e.